The average molecular weight is 1140 g/mol. The molecule has 12 aromatic rings. The highest BCUT2D eigenvalue weighted by atomic mass is 16.5. The molecule has 15 rings (SSSR count). The summed E-state index contributed by atoms with van der Waals surface area (Å²) < 4.78 is 366. The number of imidazole rings is 1. The van der Waals surface area contributed by atoms with Crippen molar-refractivity contribution in [2.45, 2.75) is 128 Å². The van der Waals surface area contributed by atoms with Crippen molar-refractivity contribution >= 4 is 32.8 Å². The fourth-order valence-electron chi connectivity index (χ4n) is 12.1. The predicted molar refractivity (Wildman–Crippen MR) is 352 cm³/mol. The highest BCUT2D eigenvalue weighted by Gasteiger charge is 2.41. The molecule has 3 aromatic heterocycles. The lowest BCUT2D eigenvalue weighted by molar-refractivity contribution is -0.571. The maximum absolute atomic E-state index is 11.2. The van der Waals surface area contributed by atoms with Gasteiger partial charge in [-0.1, -0.05) is 209 Å². The second-order valence-electron chi connectivity index (χ2n) is 22.8. The molecule has 85 heavy (non-hydrogen) atoms. The molecule has 5 heteroatoms. The number of hydrogen-bond donors (Lipinski definition) is 0. The molecule has 5 nitrogen and oxygen atoms in total. The van der Waals surface area contributed by atoms with Gasteiger partial charge in [0.1, 0.15) is 17.3 Å². The first-order chi connectivity index (χ1) is 55.9. The van der Waals surface area contributed by atoms with Crippen LogP contribution in [0.25, 0.3) is 106 Å². The Kier molecular flexibility index (Phi) is 5.91. The fraction of sp³-hybridized carbons (Fsp3) is 0.250. The molecule has 3 aliphatic rings. The molecule has 0 saturated heterocycles. The van der Waals surface area contributed by atoms with Crippen LogP contribution in [0.1, 0.15) is 180 Å². The summed E-state index contributed by atoms with van der Waals surface area (Å²) >= 11 is 0. The summed E-state index contributed by atoms with van der Waals surface area (Å²) in [6.45, 7) is -30.2. The summed E-state index contributed by atoms with van der Waals surface area (Å²) in [5.41, 5.74) is -29.5. The number of rotatable bonds is 6. The summed E-state index contributed by atoms with van der Waals surface area (Å²) in [6, 6.07) is 34.9. The standard InChI is InChI=1S/C80H74N4O/c1-76(2,3)51-37-42-81-73(44-51)84-69-28-17-16-27-60(69)61-33-32-54(46-72(61)84)85-53-22-20-21-52(45-53)82-49-83(71-30-19-18-29-70(71)82)75-55(50-31-36-65-66(43-50)78(6,7)39-38-77(65,4)5)34-35-62-58-25-14-12-23-56(58)57-24-13-15-26-59(57)63-47-67-68(48-64(63)74(62)75)80(10,11)41-40-79(67,8)9/h12-37,42-48H,38-41H2,1-11H3/i4D3,5D3,6D3,7D3,8D3,9D3,10D3,11D3,31D,36D,38D2,39D2,40D2,41D2,43D,47D,48D. The van der Waals surface area contributed by atoms with Crippen molar-refractivity contribution in [2.24, 2.45) is 0 Å². The molecule has 0 fully saturated rings. The Morgan fingerprint density at radius 3 is 1.79 bits per heavy atom. The van der Waals surface area contributed by atoms with Crippen LogP contribution in [0.15, 0.2) is 200 Å². The number of para-hydroxylation sites is 3. The summed E-state index contributed by atoms with van der Waals surface area (Å²) in [5, 5.41) is 1.73. The van der Waals surface area contributed by atoms with Crippen LogP contribution in [-0.2, 0) is 27.1 Å². The summed E-state index contributed by atoms with van der Waals surface area (Å²) in [6.07, 6.45) is -14.3. The number of nitrogens with zero attached hydrogens (tertiary/aromatic N) is 4. The zero-order chi connectivity index (χ0) is 90.1. The smallest absolute Gasteiger partial charge is 0.269 e. The zero-order valence-corrected chi connectivity index (χ0v) is 45.9. The van der Waals surface area contributed by atoms with E-state index in [1.54, 1.807) is 42.6 Å². The number of hydrogen-bond acceptors (Lipinski definition) is 2. The van der Waals surface area contributed by atoms with Crippen molar-refractivity contribution in [3.63, 3.8) is 0 Å². The molecule has 0 unspecified atom stereocenters. The maximum atomic E-state index is 11.2. The Hall–Kier alpha value is -8.80. The van der Waals surface area contributed by atoms with Crippen LogP contribution >= 0.6 is 0 Å². The normalized spacial score (nSPS) is 26.1. The van der Waals surface area contributed by atoms with E-state index in [0.717, 1.165) is 38.6 Å². The van der Waals surface area contributed by atoms with Gasteiger partial charge in [0.05, 0.1) is 40.3 Å². The van der Waals surface area contributed by atoms with Gasteiger partial charge in [-0.3, -0.25) is 13.7 Å². The number of pyridine rings is 1. The second kappa shape index (κ2) is 18.9. The fourth-order valence-corrected chi connectivity index (χ4v) is 12.1. The Bertz CT molecular complexity index is 6340. The van der Waals surface area contributed by atoms with E-state index in [1.165, 1.54) is 71.3 Å². The van der Waals surface area contributed by atoms with Gasteiger partial charge in [-0.05, 0) is 185 Å². The number of fused-ring (bicyclic) bond motifs is 14. The number of benzene rings is 9. The molecule has 0 atom stereocenters. The summed E-state index contributed by atoms with van der Waals surface area (Å²) in [5.74, 6) is 1.05. The molecule has 3 aliphatic carbocycles. The second-order valence-corrected chi connectivity index (χ2v) is 22.8. The third-order valence-corrected chi connectivity index (χ3v) is 16.2. The van der Waals surface area contributed by atoms with Crippen molar-refractivity contribution in [3.05, 3.63) is 234 Å². The first-order valence-electron chi connectivity index (χ1n) is 45.9. The van der Waals surface area contributed by atoms with Crippen LogP contribution in [0.4, 0.5) is 0 Å². The molecule has 0 saturated carbocycles. The minimum atomic E-state index is -4.86. The molecule has 0 N–H and O–H groups in total. The van der Waals surface area contributed by atoms with Crippen molar-refractivity contribution in [3.8, 4) is 84.3 Å². The van der Waals surface area contributed by atoms with Gasteiger partial charge in [0.2, 0.25) is 0 Å². The lowest BCUT2D eigenvalue weighted by Crippen LogP contribution is -2.34. The highest BCUT2D eigenvalue weighted by Crippen LogP contribution is 2.56. The van der Waals surface area contributed by atoms with Crippen LogP contribution in [0, 0.1) is 6.33 Å². The van der Waals surface area contributed by atoms with Gasteiger partial charge in [-0.15, -0.1) is 0 Å². The summed E-state index contributed by atoms with van der Waals surface area (Å²) in [4.78, 5) is 4.81. The van der Waals surface area contributed by atoms with Crippen LogP contribution in [0.5, 0.6) is 11.5 Å². The van der Waals surface area contributed by atoms with E-state index < -0.39 is 188 Å². The van der Waals surface area contributed by atoms with Crippen molar-refractivity contribution in [1.82, 2.24) is 14.1 Å². The molecule has 3 heterocycles. The van der Waals surface area contributed by atoms with E-state index in [1.807, 2.05) is 53.1 Å². The molecule has 9 aromatic carbocycles. The van der Waals surface area contributed by atoms with Gasteiger partial charge in [-0.2, -0.15) is 0 Å². The molecule has 0 amide bonds. The monoisotopic (exact) mass is 1140 g/mol. The summed E-state index contributed by atoms with van der Waals surface area (Å²) in [7, 11) is 0. The van der Waals surface area contributed by atoms with Crippen molar-refractivity contribution < 1.29 is 60.0 Å². The van der Waals surface area contributed by atoms with Crippen LogP contribution < -0.4 is 9.30 Å². The van der Waals surface area contributed by atoms with E-state index in [4.69, 9.17) is 17.9 Å². The van der Waals surface area contributed by atoms with Crippen LogP contribution in [0.2, 0.25) is 0 Å². The molecule has 0 aliphatic heterocycles. The molecule has 0 radical (unpaired) electrons. The van der Waals surface area contributed by atoms with Gasteiger partial charge < -0.3 is 4.74 Å². The van der Waals surface area contributed by atoms with E-state index in [0.29, 0.717) is 17.1 Å². The van der Waals surface area contributed by atoms with Crippen LogP contribution in [0.3, 0.4) is 0 Å². The predicted octanol–water partition coefficient (Wildman–Crippen LogP) is 20.6. The Balaban J connectivity index is 1.16. The Labute approximate surface area is 553 Å². The third kappa shape index (κ3) is 8.46. The van der Waals surface area contributed by atoms with Gasteiger partial charge in [0.15, 0.2) is 0 Å². The molecule has 420 valence electrons. The largest absolute Gasteiger partial charge is 0.458 e. The van der Waals surface area contributed by atoms with E-state index in [2.05, 4.69) is 27.1 Å². The average Bonchev–Trinajstić information content (AvgIpc) is 0.690. The zero-order valence-electron chi connectivity index (χ0n) is 82.9. The lowest BCUT2D eigenvalue weighted by Gasteiger charge is -2.43. The van der Waals surface area contributed by atoms with E-state index in [9.17, 15) is 42.5 Å². The van der Waals surface area contributed by atoms with Crippen LogP contribution in [-0.4, -0.2) is 14.1 Å². The topological polar surface area (TPSA) is 35.9 Å². The first kappa shape index (κ1) is 26.6. The lowest BCUT2D eigenvalue weighted by atomic mass is 9.61. The van der Waals surface area contributed by atoms with Gasteiger partial charge >= 0.3 is 0 Å². The van der Waals surface area contributed by atoms with Crippen molar-refractivity contribution in [1.29, 1.82) is 0 Å². The van der Waals surface area contributed by atoms with Gasteiger partial charge in [-0.25, -0.2) is 4.98 Å². The maximum Gasteiger partial charge on any atom is 0.269 e. The molecular weight excluding hydrogens is 1030 g/mol. The minimum Gasteiger partial charge on any atom is -0.458 e. The highest BCUT2D eigenvalue weighted by molar-refractivity contribution is 6.10. The number of aromatic nitrogens is 4. The minimum absolute atomic E-state index is 0.0271. The Morgan fingerprint density at radius 1 is 0.518 bits per heavy atom. The van der Waals surface area contributed by atoms with E-state index >= 15 is 0 Å². The molecule has 0 bridgehead atoms. The van der Waals surface area contributed by atoms with E-state index in [-0.39, 0.29) is 55.7 Å². The first-order valence-corrected chi connectivity index (χ1v) is 27.4. The van der Waals surface area contributed by atoms with Crippen molar-refractivity contribution in [2.75, 3.05) is 0 Å². The molecular formula is C80H74N4O. The quantitative estimate of drug-likeness (QED) is 0.123. The van der Waals surface area contributed by atoms with Gasteiger partial charge in [0, 0.05) is 72.5 Å². The molecule has 0 spiro atoms. The third-order valence-electron chi connectivity index (χ3n) is 16.2. The number of ether oxygens (including phenoxy) is 1. The SMILES string of the molecule is [2H]c1c([2H])c2c(c([2H])c1-c1ccc3c(c1-[n+]1[c-]n(-c4cccc(Oc5ccc6c7ccccc7n(-c7cc(C(C)(C)C)ccn7)c6c5)c4)c4ccccc41)-c1c([2H])c4c(c([2H])c1-c1ccccc1-c1ccccc1-3)C(C([2H])([2H])[2H])(C([2H])([2H])[2H])C([2H])([2H])C([2H])([2H])C4(C([2H])([2H])[2H])C([2H])([2H])[2H])C(C([2H])([2H])[2H])(C([2H])([2H])[2H])C([2H])([2H])C([2H])([2H])C2(C([2H])([2H])[2H])C([2H])([2H])[2H]. The Morgan fingerprint density at radius 2 is 1.09 bits per heavy atom. The van der Waals surface area contributed by atoms with Gasteiger partial charge in [0.25, 0.3) is 6.33 Å².